The first-order valence-corrected chi connectivity index (χ1v) is 7.65. The van der Waals surface area contributed by atoms with Gasteiger partial charge in [0.25, 0.3) is 0 Å². The highest BCUT2D eigenvalue weighted by molar-refractivity contribution is 5.52. The second-order valence-corrected chi connectivity index (χ2v) is 6.97. The van der Waals surface area contributed by atoms with Crippen LogP contribution in [0, 0.1) is 23.7 Å². The highest BCUT2D eigenvalue weighted by atomic mass is 15.2. The smallest absolute Gasteiger partial charge is 0.125 e. The Bertz CT molecular complexity index is 457. The summed E-state index contributed by atoms with van der Waals surface area (Å²) >= 11 is 0. The highest BCUT2D eigenvalue weighted by Crippen LogP contribution is 2.55. The summed E-state index contributed by atoms with van der Waals surface area (Å²) in [4.78, 5) is 6.60. The van der Waals surface area contributed by atoms with E-state index in [1.165, 1.54) is 37.8 Å². The van der Waals surface area contributed by atoms with Crippen LogP contribution in [0.5, 0.6) is 0 Å². The number of rotatable bonds is 2. The molecule has 2 N–H and O–H groups in total. The van der Waals surface area contributed by atoms with Crippen LogP contribution >= 0.6 is 0 Å². The summed E-state index contributed by atoms with van der Waals surface area (Å²) in [5.41, 5.74) is 7.07. The van der Waals surface area contributed by atoms with E-state index in [1.807, 2.05) is 12.3 Å². The molecule has 0 saturated heterocycles. The van der Waals surface area contributed by atoms with Crippen LogP contribution in [0.2, 0.25) is 0 Å². The Labute approximate surface area is 115 Å². The first kappa shape index (κ1) is 11.6. The summed E-state index contributed by atoms with van der Waals surface area (Å²) in [6.07, 6.45) is 9.19. The molecule has 0 atom stereocenters. The van der Waals surface area contributed by atoms with Crippen LogP contribution in [0.4, 0.5) is 11.5 Å². The SMILES string of the molecule is CN(c1ccnc(N)c1)C1C2CC3CC(C2)CC1C3. The van der Waals surface area contributed by atoms with Crippen molar-refractivity contribution in [2.24, 2.45) is 23.7 Å². The Morgan fingerprint density at radius 1 is 1.11 bits per heavy atom. The summed E-state index contributed by atoms with van der Waals surface area (Å²) in [7, 11) is 2.25. The van der Waals surface area contributed by atoms with E-state index in [-0.39, 0.29) is 0 Å². The van der Waals surface area contributed by atoms with Crippen LogP contribution in [0.3, 0.4) is 0 Å². The number of nitrogen functional groups attached to an aromatic ring is 1. The molecule has 4 fully saturated rings. The van der Waals surface area contributed by atoms with Crippen molar-refractivity contribution < 1.29 is 0 Å². The molecule has 0 spiro atoms. The van der Waals surface area contributed by atoms with E-state index in [9.17, 15) is 0 Å². The third-order valence-corrected chi connectivity index (χ3v) is 5.80. The number of nitrogens with zero attached hydrogens (tertiary/aromatic N) is 2. The topological polar surface area (TPSA) is 42.2 Å². The van der Waals surface area contributed by atoms with Gasteiger partial charge in [-0.05, 0) is 61.8 Å². The van der Waals surface area contributed by atoms with Gasteiger partial charge in [-0.3, -0.25) is 0 Å². The number of hydrogen-bond donors (Lipinski definition) is 1. The fourth-order valence-corrected chi connectivity index (χ4v) is 5.36. The molecule has 3 nitrogen and oxygen atoms in total. The predicted molar refractivity (Wildman–Crippen MR) is 77.9 cm³/mol. The van der Waals surface area contributed by atoms with Crippen LogP contribution in [-0.2, 0) is 0 Å². The zero-order valence-electron chi connectivity index (χ0n) is 11.6. The third-order valence-electron chi connectivity index (χ3n) is 5.80. The fraction of sp³-hybridized carbons (Fsp3) is 0.688. The van der Waals surface area contributed by atoms with Gasteiger partial charge in [-0.1, -0.05) is 0 Å². The number of pyridine rings is 1. The van der Waals surface area contributed by atoms with Crippen molar-refractivity contribution in [3.05, 3.63) is 18.3 Å². The summed E-state index contributed by atoms with van der Waals surface area (Å²) in [6.45, 7) is 0. The largest absolute Gasteiger partial charge is 0.384 e. The lowest BCUT2D eigenvalue weighted by atomic mass is 9.54. The minimum Gasteiger partial charge on any atom is -0.384 e. The minimum absolute atomic E-state index is 0.633. The molecule has 1 heterocycles. The minimum atomic E-state index is 0.633. The quantitative estimate of drug-likeness (QED) is 0.885. The van der Waals surface area contributed by atoms with Crippen molar-refractivity contribution in [2.75, 3.05) is 17.7 Å². The molecule has 1 aromatic rings. The number of nitrogens with two attached hydrogens (primary N) is 1. The van der Waals surface area contributed by atoms with Gasteiger partial charge in [0, 0.05) is 31.0 Å². The van der Waals surface area contributed by atoms with Gasteiger partial charge in [-0.2, -0.15) is 0 Å². The Kier molecular flexibility index (Phi) is 2.51. The van der Waals surface area contributed by atoms with Crippen molar-refractivity contribution in [1.82, 2.24) is 4.98 Å². The molecule has 4 saturated carbocycles. The van der Waals surface area contributed by atoms with Gasteiger partial charge in [0.05, 0.1) is 0 Å². The van der Waals surface area contributed by atoms with E-state index in [2.05, 4.69) is 23.0 Å². The molecular formula is C16H23N3. The van der Waals surface area contributed by atoms with E-state index in [1.54, 1.807) is 0 Å². The molecule has 1 aromatic heterocycles. The number of hydrogen-bond acceptors (Lipinski definition) is 3. The zero-order valence-corrected chi connectivity index (χ0v) is 11.6. The molecule has 0 aliphatic heterocycles. The lowest BCUT2D eigenvalue weighted by molar-refractivity contribution is -0.00122. The molecule has 4 aliphatic rings. The van der Waals surface area contributed by atoms with E-state index in [0.29, 0.717) is 5.82 Å². The summed E-state index contributed by atoms with van der Waals surface area (Å²) in [5.74, 6) is 4.53. The summed E-state index contributed by atoms with van der Waals surface area (Å²) < 4.78 is 0. The molecule has 19 heavy (non-hydrogen) atoms. The number of aromatic nitrogens is 1. The lowest BCUT2D eigenvalue weighted by Crippen LogP contribution is -2.55. The van der Waals surface area contributed by atoms with Crippen LogP contribution in [0.15, 0.2) is 18.3 Å². The zero-order chi connectivity index (χ0) is 13.0. The van der Waals surface area contributed by atoms with Crippen LogP contribution in [0.25, 0.3) is 0 Å². The first-order valence-electron chi connectivity index (χ1n) is 7.65. The second-order valence-electron chi connectivity index (χ2n) is 6.97. The molecule has 0 aromatic carbocycles. The van der Waals surface area contributed by atoms with Gasteiger partial charge in [0.2, 0.25) is 0 Å². The van der Waals surface area contributed by atoms with Crippen LogP contribution in [-0.4, -0.2) is 18.1 Å². The second kappa shape index (κ2) is 4.12. The Morgan fingerprint density at radius 2 is 1.74 bits per heavy atom. The Morgan fingerprint density at radius 3 is 2.32 bits per heavy atom. The molecule has 4 bridgehead atoms. The molecular weight excluding hydrogens is 234 g/mol. The van der Waals surface area contributed by atoms with E-state index < -0.39 is 0 Å². The lowest BCUT2D eigenvalue weighted by Gasteiger charge is -2.57. The molecule has 3 heteroatoms. The average Bonchev–Trinajstić information content (AvgIpc) is 2.37. The normalized spacial score (nSPS) is 39.5. The molecule has 4 aliphatic carbocycles. The van der Waals surface area contributed by atoms with Crippen molar-refractivity contribution in [1.29, 1.82) is 0 Å². The predicted octanol–water partition coefficient (Wildman–Crippen LogP) is 2.92. The van der Waals surface area contributed by atoms with Crippen LogP contribution in [0.1, 0.15) is 32.1 Å². The third kappa shape index (κ3) is 1.82. The maximum Gasteiger partial charge on any atom is 0.125 e. The van der Waals surface area contributed by atoms with Gasteiger partial charge in [0.1, 0.15) is 5.82 Å². The van der Waals surface area contributed by atoms with Gasteiger partial charge in [0.15, 0.2) is 0 Å². The Hall–Kier alpha value is -1.25. The fourth-order valence-electron chi connectivity index (χ4n) is 5.36. The highest BCUT2D eigenvalue weighted by Gasteiger charge is 2.49. The summed E-state index contributed by atoms with van der Waals surface area (Å²) in [5, 5.41) is 0. The van der Waals surface area contributed by atoms with Gasteiger partial charge < -0.3 is 10.6 Å². The molecule has 0 radical (unpaired) electrons. The first-order chi connectivity index (χ1) is 9.20. The van der Waals surface area contributed by atoms with Crippen molar-refractivity contribution in [3.63, 3.8) is 0 Å². The molecule has 102 valence electrons. The number of anilines is 2. The van der Waals surface area contributed by atoms with Crippen molar-refractivity contribution >= 4 is 11.5 Å². The molecule has 0 amide bonds. The summed E-state index contributed by atoms with van der Waals surface area (Å²) in [6, 6.07) is 4.85. The van der Waals surface area contributed by atoms with E-state index >= 15 is 0 Å². The molecule has 5 rings (SSSR count). The van der Waals surface area contributed by atoms with Gasteiger partial charge >= 0.3 is 0 Å². The van der Waals surface area contributed by atoms with E-state index in [0.717, 1.165) is 29.7 Å². The maximum atomic E-state index is 5.83. The standard InChI is InChI=1S/C16H23N3/c1-19(14-2-3-18-15(17)9-14)16-12-5-10-4-11(7-12)8-13(16)6-10/h2-3,9-13,16H,4-8H2,1H3,(H2,17,18). The molecule has 0 unspecified atom stereocenters. The maximum absolute atomic E-state index is 5.83. The van der Waals surface area contributed by atoms with Gasteiger partial charge in [-0.25, -0.2) is 4.98 Å². The van der Waals surface area contributed by atoms with E-state index in [4.69, 9.17) is 5.73 Å². The Balaban J connectivity index is 1.62. The average molecular weight is 257 g/mol. The monoisotopic (exact) mass is 257 g/mol. The van der Waals surface area contributed by atoms with Crippen LogP contribution < -0.4 is 10.6 Å². The van der Waals surface area contributed by atoms with Crippen molar-refractivity contribution in [3.8, 4) is 0 Å². The van der Waals surface area contributed by atoms with Crippen molar-refractivity contribution in [2.45, 2.75) is 38.1 Å². The van der Waals surface area contributed by atoms with Gasteiger partial charge in [-0.15, -0.1) is 0 Å².